The Hall–Kier alpha value is -2.86. The highest BCUT2D eigenvalue weighted by molar-refractivity contribution is 5.79. The van der Waals surface area contributed by atoms with E-state index in [2.05, 4.69) is 41.1 Å². The van der Waals surface area contributed by atoms with Crippen molar-refractivity contribution >= 4 is 11.7 Å². The number of carboxylic acids is 1. The summed E-state index contributed by atoms with van der Waals surface area (Å²) in [4.78, 5) is 17.2. The summed E-state index contributed by atoms with van der Waals surface area (Å²) in [5, 5.41) is 8.77. The summed E-state index contributed by atoms with van der Waals surface area (Å²) in [6, 6.07) is 10.3. The number of ether oxygens (including phenoxy) is 2. The number of aromatic nitrogens is 1. The Morgan fingerprint density at radius 2 is 2.19 bits per heavy atom. The number of hydrogen-bond donors (Lipinski definition) is 1. The van der Waals surface area contributed by atoms with Gasteiger partial charge in [-0.25, -0.2) is 4.79 Å². The van der Waals surface area contributed by atoms with E-state index in [4.69, 9.17) is 14.6 Å². The van der Waals surface area contributed by atoms with Crippen LogP contribution in [-0.2, 0) is 16.1 Å². The van der Waals surface area contributed by atoms with Crippen molar-refractivity contribution in [2.75, 3.05) is 24.7 Å². The monoisotopic (exact) mass is 368 g/mol. The van der Waals surface area contributed by atoms with Crippen molar-refractivity contribution in [3.05, 3.63) is 66.0 Å². The van der Waals surface area contributed by atoms with E-state index in [-0.39, 0.29) is 6.04 Å². The zero-order chi connectivity index (χ0) is 19.1. The van der Waals surface area contributed by atoms with Gasteiger partial charge in [-0.1, -0.05) is 35.9 Å². The number of carbonyl (C=O) groups is 1. The van der Waals surface area contributed by atoms with Gasteiger partial charge in [0, 0.05) is 18.7 Å². The molecule has 1 aromatic carbocycles. The van der Waals surface area contributed by atoms with Crippen molar-refractivity contribution in [3.8, 4) is 5.75 Å². The van der Waals surface area contributed by atoms with E-state index in [0.29, 0.717) is 32.0 Å². The van der Waals surface area contributed by atoms with Crippen molar-refractivity contribution in [1.29, 1.82) is 0 Å². The highest BCUT2D eigenvalue weighted by Gasteiger charge is 2.23. The van der Waals surface area contributed by atoms with E-state index in [1.165, 1.54) is 11.6 Å². The topological polar surface area (TPSA) is 71.9 Å². The van der Waals surface area contributed by atoms with Crippen LogP contribution in [0.5, 0.6) is 5.75 Å². The Labute approximate surface area is 159 Å². The molecule has 3 rings (SSSR count). The maximum atomic E-state index is 10.7. The second-order valence-electron chi connectivity index (χ2n) is 6.55. The van der Waals surface area contributed by atoms with Crippen LogP contribution in [-0.4, -0.2) is 41.9 Å². The van der Waals surface area contributed by atoms with E-state index in [1.54, 1.807) is 18.5 Å². The largest absolute Gasteiger partial charge is 0.487 e. The standard InChI is InChI=1S/C21H24N2O4/c1-16-5-7-17(8-6-16)14-27-20-11-19(12-22-13-20)23-9-10-26-15-18(23)3-2-4-21(24)25/h2,4-8,11-13,18H,3,9-10,14-15H2,1H3,(H,24,25)/b4-2+. The summed E-state index contributed by atoms with van der Waals surface area (Å²) in [6.45, 7) is 4.46. The Kier molecular flexibility index (Phi) is 6.44. The van der Waals surface area contributed by atoms with Crippen LogP contribution >= 0.6 is 0 Å². The summed E-state index contributed by atoms with van der Waals surface area (Å²) in [5.41, 5.74) is 3.28. The average molecular weight is 368 g/mol. The first-order valence-corrected chi connectivity index (χ1v) is 8.99. The minimum absolute atomic E-state index is 0.0727. The Morgan fingerprint density at radius 3 is 2.96 bits per heavy atom. The van der Waals surface area contributed by atoms with E-state index in [9.17, 15) is 4.79 Å². The molecule has 1 unspecified atom stereocenters. The van der Waals surface area contributed by atoms with Crippen molar-refractivity contribution in [2.45, 2.75) is 26.0 Å². The molecule has 0 amide bonds. The molecule has 0 saturated carbocycles. The van der Waals surface area contributed by atoms with Crippen molar-refractivity contribution < 1.29 is 19.4 Å². The first-order chi connectivity index (χ1) is 13.1. The van der Waals surface area contributed by atoms with Gasteiger partial charge in [0.15, 0.2) is 0 Å². The minimum Gasteiger partial charge on any atom is -0.487 e. The highest BCUT2D eigenvalue weighted by Crippen LogP contribution is 2.25. The molecule has 2 aromatic rings. The third-order valence-electron chi connectivity index (χ3n) is 4.45. The lowest BCUT2D eigenvalue weighted by atomic mass is 10.1. The second-order valence-corrected chi connectivity index (χ2v) is 6.55. The number of aryl methyl sites for hydroxylation is 1. The van der Waals surface area contributed by atoms with E-state index in [1.807, 2.05) is 6.07 Å². The average Bonchev–Trinajstić information content (AvgIpc) is 2.68. The molecule has 142 valence electrons. The third kappa shape index (κ3) is 5.56. The highest BCUT2D eigenvalue weighted by atomic mass is 16.5. The molecule has 1 aliphatic heterocycles. The van der Waals surface area contributed by atoms with Crippen molar-refractivity contribution in [2.24, 2.45) is 0 Å². The van der Waals surface area contributed by atoms with Crippen LogP contribution in [0.4, 0.5) is 5.69 Å². The fraction of sp³-hybridized carbons (Fsp3) is 0.333. The van der Waals surface area contributed by atoms with Crippen LogP contribution < -0.4 is 9.64 Å². The number of pyridine rings is 1. The molecular weight excluding hydrogens is 344 g/mol. The first-order valence-electron chi connectivity index (χ1n) is 8.99. The van der Waals surface area contributed by atoms with Crippen LogP contribution in [0.3, 0.4) is 0 Å². The number of rotatable bonds is 7. The van der Waals surface area contributed by atoms with Gasteiger partial charge in [-0.2, -0.15) is 0 Å². The molecule has 0 aliphatic carbocycles. The molecule has 0 radical (unpaired) electrons. The second kappa shape index (κ2) is 9.19. The third-order valence-corrected chi connectivity index (χ3v) is 4.45. The summed E-state index contributed by atoms with van der Waals surface area (Å²) in [6.07, 6.45) is 6.95. The van der Waals surface area contributed by atoms with Gasteiger partial charge >= 0.3 is 5.97 Å². The summed E-state index contributed by atoms with van der Waals surface area (Å²) in [7, 11) is 0. The van der Waals surface area contributed by atoms with Gasteiger partial charge in [0.25, 0.3) is 0 Å². The molecule has 2 heterocycles. The number of anilines is 1. The molecule has 1 atom stereocenters. The van der Waals surface area contributed by atoms with Crippen LogP contribution in [0.25, 0.3) is 0 Å². The van der Waals surface area contributed by atoms with Crippen molar-refractivity contribution in [1.82, 2.24) is 4.98 Å². The van der Waals surface area contributed by atoms with Gasteiger partial charge in [-0.15, -0.1) is 0 Å². The molecule has 1 aromatic heterocycles. The first kappa shape index (κ1) is 18.9. The van der Waals surface area contributed by atoms with Gasteiger partial charge < -0.3 is 19.5 Å². The summed E-state index contributed by atoms with van der Waals surface area (Å²) in [5.74, 6) is -0.231. The maximum Gasteiger partial charge on any atom is 0.327 e. The van der Waals surface area contributed by atoms with Crippen LogP contribution in [0, 0.1) is 6.92 Å². The predicted molar refractivity (Wildman–Crippen MR) is 103 cm³/mol. The number of morpholine rings is 1. The quantitative estimate of drug-likeness (QED) is 0.757. The van der Waals surface area contributed by atoms with E-state index in [0.717, 1.165) is 17.8 Å². The number of aliphatic carboxylic acids is 1. The zero-order valence-corrected chi connectivity index (χ0v) is 15.4. The van der Waals surface area contributed by atoms with E-state index < -0.39 is 5.97 Å². The predicted octanol–water partition coefficient (Wildman–Crippen LogP) is 3.21. The fourth-order valence-electron chi connectivity index (χ4n) is 3.01. The van der Waals surface area contributed by atoms with Gasteiger partial charge in [0.05, 0.1) is 37.3 Å². The lowest BCUT2D eigenvalue weighted by molar-refractivity contribution is -0.131. The Morgan fingerprint density at radius 1 is 1.37 bits per heavy atom. The molecule has 6 nitrogen and oxygen atoms in total. The molecule has 1 saturated heterocycles. The zero-order valence-electron chi connectivity index (χ0n) is 15.4. The molecule has 6 heteroatoms. The van der Waals surface area contributed by atoms with Gasteiger partial charge in [-0.05, 0) is 18.9 Å². The maximum absolute atomic E-state index is 10.7. The summed E-state index contributed by atoms with van der Waals surface area (Å²) >= 11 is 0. The van der Waals surface area contributed by atoms with Crippen molar-refractivity contribution in [3.63, 3.8) is 0 Å². The van der Waals surface area contributed by atoms with Gasteiger partial charge in [0.1, 0.15) is 12.4 Å². The molecule has 1 aliphatic rings. The van der Waals surface area contributed by atoms with Crippen LogP contribution in [0.15, 0.2) is 54.9 Å². The smallest absolute Gasteiger partial charge is 0.327 e. The Balaban J connectivity index is 1.66. The summed E-state index contributed by atoms with van der Waals surface area (Å²) < 4.78 is 11.5. The SMILES string of the molecule is Cc1ccc(COc2cncc(N3CCOCC3C/C=C/C(=O)O)c2)cc1. The fourth-order valence-corrected chi connectivity index (χ4v) is 3.01. The van der Waals surface area contributed by atoms with Crippen LogP contribution in [0.1, 0.15) is 17.5 Å². The molecule has 1 N–H and O–H groups in total. The molecule has 27 heavy (non-hydrogen) atoms. The van der Waals surface area contributed by atoms with Gasteiger partial charge in [0.2, 0.25) is 0 Å². The lowest BCUT2D eigenvalue weighted by Gasteiger charge is -2.36. The molecule has 1 fully saturated rings. The van der Waals surface area contributed by atoms with E-state index >= 15 is 0 Å². The number of benzene rings is 1. The molecule has 0 bridgehead atoms. The number of hydrogen-bond acceptors (Lipinski definition) is 5. The number of carboxylic acid groups (broad SMARTS) is 1. The van der Waals surface area contributed by atoms with Gasteiger partial charge in [-0.3, -0.25) is 4.98 Å². The molecule has 0 spiro atoms. The normalized spacial score (nSPS) is 17.2. The minimum atomic E-state index is -0.938. The Bertz CT molecular complexity index is 789. The number of nitrogens with zero attached hydrogens (tertiary/aromatic N) is 2. The molecular formula is C21H24N2O4. The lowest BCUT2D eigenvalue weighted by Crippen LogP contribution is -2.45. The van der Waals surface area contributed by atoms with Crippen LogP contribution in [0.2, 0.25) is 0 Å².